The molecule has 0 saturated carbocycles. The van der Waals surface area contributed by atoms with E-state index in [0.717, 1.165) is 6.07 Å². The average molecular weight is 437 g/mol. The first-order chi connectivity index (χ1) is 10.2. The molecule has 0 fully saturated rings. The zero-order valence-electron chi connectivity index (χ0n) is 12.1. The van der Waals surface area contributed by atoms with E-state index >= 15 is 0 Å². The Bertz CT molecular complexity index is 583. The molecule has 0 bridgehead atoms. The number of benzene rings is 1. The van der Waals surface area contributed by atoms with Gasteiger partial charge in [-0.05, 0) is 35.6 Å². The number of halogens is 3. The van der Waals surface area contributed by atoms with Gasteiger partial charge in [0.25, 0.3) is 0 Å². The fourth-order valence-electron chi connectivity index (χ4n) is 1.89. The lowest BCUT2D eigenvalue weighted by atomic mass is 10.1. The van der Waals surface area contributed by atoms with Gasteiger partial charge in [0.05, 0.1) is 6.54 Å². The Morgan fingerprint density at radius 1 is 1.18 bits per heavy atom. The largest absolute Gasteiger partial charge is 0.356 e. The highest BCUT2D eigenvalue weighted by atomic mass is 127. The van der Waals surface area contributed by atoms with Crippen LogP contribution in [0.5, 0.6) is 0 Å². The summed E-state index contributed by atoms with van der Waals surface area (Å²) < 4.78 is 26.1. The third-order valence-electron chi connectivity index (χ3n) is 2.86. The maximum atomic E-state index is 13.1. The molecule has 22 heavy (non-hydrogen) atoms. The summed E-state index contributed by atoms with van der Waals surface area (Å²) in [7, 11) is 1.69. The quantitative estimate of drug-likeness (QED) is 0.427. The van der Waals surface area contributed by atoms with Crippen molar-refractivity contribution in [1.29, 1.82) is 0 Å². The molecule has 2 aromatic rings. The Hall–Kier alpha value is -1.22. The molecule has 0 atom stereocenters. The fraction of sp³-hybridized carbons (Fsp3) is 0.267. The predicted octanol–water partition coefficient (Wildman–Crippen LogP) is 3.55. The lowest BCUT2D eigenvalue weighted by molar-refractivity contribution is 0.579. The molecule has 0 radical (unpaired) electrons. The normalized spacial score (nSPS) is 11.0. The second kappa shape index (κ2) is 9.73. The monoisotopic (exact) mass is 437 g/mol. The van der Waals surface area contributed by atoms with Crippen molar-refractivity contribution in [2.75, 3.05) is 13.6 Å². The summed E-state index contributed by atoms with van der Waals surface area (Å²) in [5, 5.41) is 8.32. The van der Waals surface area contributed by atoms with E-state index in [1.165, 1.54) is 17.0 Å². The van der Waals surface area contributed by atoms with Crippen molar-refractivity contribution < 1.29 is 8.78 Å². The zero-order chi connectivity index (χ0) is 15.1. The summed E-state index contributed by atoms with van der Waals surface area (Å²) in [6.07, 6.45) is 0.522. The molecule has 2 rings (SSSR count). The van der Waals surface area contributed by atoms with Crippen LogP contribution in [0.4, 0.5) is 8.78 Å². The minimum atomic E-state index is -0.551. The van der Waals surface area contributed by atoms with E-state index in [-0.39, 0.29) is 24.0 Å². The van der Waals surface area contributed by atoms with Gasteiger partial charge in [0, 0.05) is 24.5 Å². The zero-order valence-corrected chi connectivity index (χ0v) is 15.3. The summed E-state index contributed by atoms with van der Waals surface area (Å²) in [5.74, 6) is -0.435. The van der Waals surface area contributed by atoms with Gasteiger partial charge in [-0.25, -0.2) is 8.78 Å². The van der Waals surface area contributed by atoms with Crippen molar-refractivity contribution in [2.45, 2.75) is 13.0 Å². The van der Waals surface area contributed by atoms with Crippen LogP contribution in [-0.2, 0) is 13.0 Å². The lowest BCUT2D eigenvalue weighted by Gasteiger charge is -2.11. The van der Waals surface area contributed by atoms with Crippen molar-refractivity contribution >= 4 is 41.3 Å². The molecule has 0 aliphatic heterocycles. The molecule has 0 saturated heterocycles. The van der Waals surface area contributed by atoms with E-state index in [2.05, 4.69) is 15.6 Å². The SMILES string of the molecule is CN=C(NCCc1cc(F)cc(F)c1)NCc1cccs1.I. The standard InChI is InChI=1S/C15H17F2N3S.HI/c1-18-15(20-10-14-3-2-6-21-14)19-5-4-11-7-12(16)9-13(17)8-11;/h2-3,6-9H,4-5,10H2,1H3,(H2,18,19,20);1H. The van der Waals surface area contributed by atoms with Crippen LogP contribution in [0.15, 0.2) is 40.7 Å². The van der Waals surface area contributed by atoms with Gasteiger partial charge in [-0.2, -0.15) is 0 Å². The number of rotatable bonds is 5. The first kappa shape index (κ1) is 18.8. The van der Waals surface area contributed by atoms with Gasteiger partial charge in [-0.1, -0.05) is 6.07 Å². The van der Waals surface area contributed by atoms with Crippen LogP contribution in [0, 0.1) is 11.6 Å². The highest BCUT2D eigenvalue weighted by Crippen LogP contribution is 2.08. The van der Waals surface area contributed by atoms with E-state index in [0.29, 0.717) is 31.0 Å². The lowest BCUT2D eigenvalue weighted by Crippen LogP contribution is -2.37. The van der Waals surface area contributed by atoms with Gasteiger partial charge >= 0.3 is 0 Å². The molecule has 3 nitrogen and oxygen atoms in total. The highest BCUT2D eigenvalue weighted by molar-refractivity contribution is 14.0. The molecule has 1 heterocycles. The van der Waals surface area contributed by atoms with Crippen molar-refractivity contribution in [3.63, 3.8) is 0 Å². The average Bonchev–Trinajstić information content (AvgIpc) is 2.94. The Morgan fingerprint density at radius 3 is 2.50 bits per heavy atom. The van der Waals surface area contributed by atoms with Gasteiger partial charge in [0.2, 0.25) is 0 Å². The number of thiophene rings is 1. The fourth-order valence-corrected chi connectivity index (χ4v) is 2.53. The third kappa shape index (κ3) is 6.27. The first-order valence-corrected chi connectivity index (χ1v) is 7.47. The van der Waals surface area contributed by atoms with Crippen LogP contribution in [0.1, 0.15) is 10.4 Å². The Balaban J connectivity index is 0.00000242. The molecule has 7 heteroatoms. The molecule has 120 valence electrons. The molecule has 0 aliphatic carbocycles. The van der Waals surface area contributed by atoms with Crippen LogP contribution >= 0.6 is 35.3 Å². The second-order valence-corrected chi connectivity index (χ2v) is 5.49. The molecule has 2 N–H and O–H groups in total. The van der Waals surface area contributed by atoms with Crippen molar-refractivity contribution in [2.24, 2.45) is 4.99 Å². The summed E-state index contributed by atoms with van der Waals surface area (Å²) in [5.41, 5.74) is 0.619. The number of nitrogens with zero attached hydrogens (tertiary/aromatic N) is 1. The Morgan fingerprint density at radius 2 is 1.91 bits per heavy atom. The van der Waals surface area contributed by atoms with E-state index < -0.39 is 11.6 Å². The second-order valence-electron chi connectivity index (χ2n) is 4.46. The number of aliphatic imine (C=N–C) groups is 1. The molecule has 0 aliphatic rings. The van der Waals surface area contributed by atoms with Gasteiger partial charge in [0.15, 0.2) is 5.96 Å². The summed E-state index contributed by atoms with van der Waals surface area (Å²) >= 11 is 1.67. The third-order valence-corrected chi connectivity index (χ3v) is 3.74. The molecule has 1 aromatic heterocycles. The van der Waals surface area contributed by atoms with E-state index in [9.17, 15) is 8.78 Å². The van der Waals surface area contributed by atoms with E-state index in [1.54, 1.807) is 18.4 Å². The summed E-state index contributed by atoms with van der Waals surface area (Å²) in [6, 6.07) is 7.59. The number of guanidine groups is 1. The molecule has 0 amide bonds. The van der Waals surface area contributed by atoms with Crippen molar-refractivity contribution in [1.82, 2.24) is 10.6 Å². The number of hydrogen-bond donors (Lipinski definition) is 2. The molecular formula is C15H18F2IN3S. The van der Waals surface area contributed by atoms with Crippen LogP contribution in [0.25, 0.3) is 0 Å². The molecule has 1 aromatic carbocycles. The van der Waals surface area contributed by atoms with Gasteiger partial charge in [-0.3, -0.25) is 4.99 Å². The van der Waals surface area contributed by atoms with Gasteiger partial charge < -0.3 is 10.6 Å². The van der Waals surface area contributed by atoms with Crippen molar-refractivity contribution in [3.8, 4) is 0 Å². The van der Waals surface area contributed by atoms with Crippen LogP contribution in [0.2, 0.25) is 0 Å². The minimum Gasteiger partial charge on any atom is -0.356 e. The van der Waals surface area contributed by atoms with Crippen LogP contribution < -0.4 is 10.6 Å². The minimum absolute atomic E-state index is 0. The highest BCUT2D eigenvalue weighted by Gasteiger charge is 2.02. The van der Waals surface area contributed by atoms with E-state index in [4.69, 9.17) is 0 Å². The number of hydrogen-bond acceptors (Lipinski definition) is 2. The first-order valence-electron chi connectivity index (χ1n) is 6.59. The maximum Gasteiger partial charge on any atom is 0.191 e. The maximum absolute atomic E-state index is 13.1. The summed E-state index contributed by atoms with van der Waals surface area (Å²) in [6.45, 7) is 1.25. The van der Waals surface area contributed by atoms with Crippen LogP contribution in [0.3, 0.4) is 0 Å². The van der Waals surface area contributed by atoms with Crippen molar-refractivity contribution in [3.05, 3.63) is 57.8 Å². The molecule has 0 unspecified atom stereocenters. The smallest absolute Gasteiger partial charge is 0.191 e. The topological polar surface area (TPSA) is 36.4 Å². The Kier molecular flexibility index (Phi) is 8.32. The number of nitrogens with one attached hydrogen (secondary N) is 2. The molecule has 0 spiro atoms. The predicted molar refractivity (Wildman–Crippen MR) is 98.0 cm³/mol. The van der Waals surface area contributed by atoms with E-state index in [1.807, 2.05) is 17.5 Å². The van der Waals surface area contributed by atoms with Gasteiger partial charge in [0.1, 0.15) is 11.6 Å². The van der Waals surface area contributed by atoms with Gasteiger partial charge in [-0.15, -0.1) is 35.3 Å². The molecular weight excluding hydrogens is 419 g/mol. The van der Waals surface area contributed by atoms with Crippen LogP contribution in [-0.4, -0.2) is 19.6 Å². The Labute approximate surface area is 149 Å². The summed E-state index contributed by atoms with van der Waals surface area (Å²) in [4.78, 5) is 5.32.